The molecule has 2 rings (SSSR count). The largest absolute Gasteiger partial charge is 0.342 e. The van der Waals surface area contributed by atoms with Crippen molar-refractivity contribution in [1.82, 2.24) is 14.7 Å². The molecule has 1 saturated heterocycles. The minimum absolute atomic E-state index is 0.117. The molecule has 2 heterocycles. The second-order valence-corrected chi connectivity index (χ2v) is 5.32. The monoisotopic (exact) mass is 264 g/mol. The van der Waals surface area contributed by atoms with E-state index in [1.165, 1.54) is 12.8 Å². The van der Waals surface area contributed by atoms with Crippen molar-refractivity contribution in [2.75, 3.05) is 19.6 Å². The number of nitrogens with zero attached hydrogens (tertiary/aromatic N) is 3. The van der Waals surface area contributed by atoms with Gasteiger partial charge in [-0.15, -0.1) is 0 Å². The van der Waals surface area contributed by atoms with Crippen molar-refractivity contribution in [3.8, 4) is 0 Å². The molecule has 5 nitrogen and oxygen atoms in total. The van der Waals surface area contributed by atoms with Crippen LogP contribution in [0.5, 0.6) is 0 Å². The fraction of sp³-hybridized carbons (Fsp3) is 0.714. The first-order chi connectivity index (χ1) is 9.22. The van der Waals surface area contributed by atoms with Gasteiger partial charge < -0.3 is 10.6 Å². The fourth-order valence-electron chi connectivity index (χ4n) is 2.67. The Bertz CT molecular complexity index is 407. The number of carbonyl (C=O) groups is 1. The number of aromatic nitrogens is 2. The van der Waals surface area contributed by atoms with E-state index < -0.39 is 0 Å². The van der Waals surface area contributed by atoms with Gasteiger partial charge >= 0.3 is 0 Å². The Kier molecular flexibility index (Phi) is 4.96. The summed E-state index contributed by atoms with van der Waals surface area (Å²) in [7, 11) is 1.90. The maximum Gasteiger partial charge on any atom is 0.227 e. The third-order valence-corrected chi connectivity index (χ3v) is 3.93. The zero-order chi connectivity index (χ0) is 13.7. The lowest BCUT2D eigenvalue weighted by molar-refractivity contribution is -0.135. The van der Waals surface area contributed by atoms with Crippen molar-refractivity contribution in [1.29, 1.82) is 0 Å². The first-order valence-corrected chi connectivity index (χ1v) is 7.18. The molecule has 19 heavy (non-hydrogen) atoms. The average molecular weight is 264 g/mol. The van der Waals surface area contributed by atoms with Crippen LogP contribution in [-0.4, -0.2) is 40.2 Å². The molecule has 106 valence electrons. The van der Waals surface area contributed by atoms with Gasteiger partial charge in [0.2, 0.25) is 5.91 Å². The molecule has 1 unspecified atom stereocenters. The van der Waals surface area contributed by atoms with Gasteiger partial charge in [-0.1, -0.05) is 12.8 Å². The van der Waals surface area contributed by atoms with Gasteiger partial charge in [-0.3, -0.25) is 9.48 Å². The molecule has 0 spiro atoms. The first-order valence-electron chi connectivity index (χ1n) is 7.18. The Hall–Kier alpha value is -1.36. The molecule has 1 fully saturated rings. The summed E-state index contributed by atoms with van der Waals surface area (Å²) in [4.78, 5) is 14.5. The van der Waals surface area contributed by atoms with E-state index >= 15 is 0 Å². The number of likely N-dealkylation sites (tertiary alicyclic amines) is 1. The van der Waals surface area contributed by atoms with E-state index in [2.05, 4.69) is 5.10 Å². The topological polar surface area (TPSA) is 64.2 Å². The zero-order valence-corrected chi connectivity index (χ0v) is 11.7. The molecular weight excluding hydrogens is 240 g/mol. The van der Waals surface area contributed by atoms with Crippen molar-refractivity contribution >= 4 is 5.91 Å². The predicted octanol–water partition coefficient (Wildman–Crippen LogP) is 0.940. The van der Waals surface area contributed by atoms with Gasteiger partial charge in [0.15, 0.2) is 0 Å². The third kappa shape index (κ3) is 3.56. The molecule has 1 aliphatic heterocycles. The van der Waals surface area contributed by atoms with E-state index in [1.54, 1.807) is 6.20 Å². The maximum absolute atomic E-state index is 12.5. The lowest BCUT2D eigenvalue weighted by atomic mass is 10.0. The Labute approximate surface area is 114 Å². The van der Waals surface area contributed by atoms with Crippen LogP contribution >= 0.6 is 0 Å². The van der Waals surface area contributed by atoms with Gasteiger partial charge in [0.1, 0.15) is 0 Å². The van der Waals surface area contributed by atoms with Crippen LogP contribution in [-0.2, 0) is 18.3 Å². The van der Waals surface area contributed by atoms with Gasteiger partial charge in [-0.05, 0) is 18.9 Å². The quantitative estimate of drug-likeness (QED) is 0.880. The van der Waals surface area contributed by atoms with E-state index in [0.29, 0.717) is 13.0 Å². The van der Waals surface area contributed by atoms with E-state index in [9.17, 15) is 4.79 Å². The van der Waals surface area contributed by atoms with Crippen LogP contribution in [0.4, 0.5) is 0 Å². The van der Waals surface area contributed by atoms with Crippen molar-refractivity contribution in [2.24, 2.45) is 18.7 Å². The van der Waals surface area contributed by atoms with Crippen LogP contribution in [0.2, 0.25) is 0 Å². The highest BCUT2D eigenvalue weighted by Gasteiger charge is 2.24. The highest BCUT2D eigenvalue weighted by atomic mass is 16.2. The molecule has 1 aliphatic rings. The molecule has 1 atom stereocenters. The zero-order valence-electron chi connectivity index (χ0n) is 11.7. The van der Waals surface area contributed by atoms with E-state index in [-0.39, 0.29) is 11.8 Å². The number of rotatable bonds is 4. The normalized spacial score (nSPS) is 18.1. The van der Waals surface area contributed by atoms with Crippen LogP contribution in [0.1, 0.15) is 31.4 Å². The molecule has 1 amide bonds. The summed E-state index contributed by atoms with van der Waals surface area (Å²) >= 11 is 0. The van der Waals surface area contributed by atoms with Crippen LogP contribution in [0.15, 0.2) is 12.3 Å². The van der Waals surface area contributed by atoms with Gasteiger partial charge in [-0.2, -0.15) is 5.10 Å². The van der Waals surface area contributed by atoms with Crippen molar-refractivity contribution < 1.29 is 4.79 Å². The Morgan fingerprint density at radius 2 is 2.05 bits per heavy atom. The number of carbonyl (C=O) groups excluding carboxylic acids is 1. The minimum Gasteiger partial charge on any atom is -0.342 e. The Balaban J connectivity index is 2.00. The molecule has 1 aromatic rings. The molecule has 0 radical (unpaired) electrons. The highest BCUT2D eigenvalue weighted by Crippen LogP contribution is 2.15. The van der Waals surface area contributed by atoms with E-state index in [1.807, 2.05) is 22.7 Å². The fourth-order valence-corrected chi connectivity index (χ4v) is 2.67. The molecular formula is C14H24N4O. The van der Waals surface area contributed by atoms with E-state index in [4.69, 9.17) is 5.73 Å². The molecule has 0 saturated carbocycles. The highest BCUT2D eigenvalue weighted by molar-refractivity contribution is 5.79. The summed E-state index contributed by atoms with van der Waals surface area (Å²) < 4.78 is 1.82. The molecule has 0 bridgehead atoms. The standard InChI is InChI=1S/C14H24N4O/c1-17-13(6-7-16-17)10-12(11-15)14(19)18-8-4-2-3-5-9-18/h6-7,12H,2-5,8-11,15H2,1H3. The summed E-state index contributed by atoms with van der Waals surface area (Å²) in [5, 5.41) is 4.14. The van der Waals surface area contributed by atoms with Crippen LogP contribution < -0.4 is 5.73 Å². The van der Waals surface area contributed by atoms with Gasteiger partial charge in [0.05, 0.1) is 5.92 Å². The lowest BCUT2D eigenvalue weighted by Gasteiger charge is -2.25. The van der Waals surface area contributed by atoms with Gasteiger partial charge in [0.25, 0.3) is 0 Å². The van der Waals surface area contributed by atoms with Crippen LogP contribution in [0, 0.1) is 5.92 Å². The molecule has 0 aliphatic carbocycles. The molecule has 2 N–H and O–H groups in total. The summed E-state index contributed by atoms with van der Waals surface area (Å²) in [5.74, 6) is 0.0964. The molecule has 1 aromatic heterocycles. The van der Waals surface area contributed by atoms with Crippen LogP contribution in [0.3, 0.4) is 0 Å². The molecule has 5 heteroatoms. The summed E-state index contributed by atoms with van der Waals surface area (Å²) in [5.41, 5.74) is 6.88. The maximum atomic E-state index is 12.5. The Morgan fingerprint density at radius 1 is 1.37 bits per heavy atom. The van der Waals surface area contributed by atoms with Crippen LogP contribution in [0.25, 0.3) is 0 Å². The lowest BCUT2D eigenvalue weighted by Crippen LogP contribution is -2.40. The summed E-state index contributed by atoms with van der Waals surface area (Å²) in [6.45, 7) is 2.18. The number of hydrogen-bond acceptors (Lipinski definition) is 3. The second-order valence-electron chi connectivity index (χ2n) is 5.32. The molecule has 0 aromatic carbocycles. The summed E-state index contributed by atoms with van der Waals surface area (Å²) in [6, 6.07) is 1.96. The Morgan fingerprint density at radius 3 is 2.58 bits per heavy atom. The number of nitrogens with two attached hydrogens (primary N) is 1. The van der Waals surface area contributed by atoms with E-state index in [0.717, 1.165) is 31.6 Å². The SMILES string of the molecule is Cn1nccc1CC(CN)C(=O)N1CCCCCC1. The van der Waals surface area contributed by atoms with Crippen molar-refractivity contribution in [3.05, 3.63) is 18.0 Å². The first kappa shape index (κ1) is 14.1. The smallest absolute Gasteiger partial charge is 0.227 e. The van der Waals surface area contributed by atoms with Gasteiger partial charge in [-0.25, -0.2) is 0 Å². The number of amides is 1. The van der Waals surface area contributed by atoms with Crippen molar-refractivity contribution in [2.45, 2.75) is 32.1 Å². The minimum atomic E-state index is -0.117. The van der Waals surface area contributed by atoms with Crippen molar-refractivity contribution in [3.63, 3.8) is 0 Å². The summed E-state index contributed by atoms with van der Waals surface area (Å²) in [6.07, 6.45) is 7.16. The predicted molar refractivity (Wildman–Crippen MR) is 74.5 cm³/mol. The average Bonchev–Trinajstić information content (AvgIpc) is 2.68. The van der Waals surface area contributed by atoms with Gasteiger partial charge in [0, 0.05) is 45.0 Å². The second kappa shape index (κ2) is 6.70. The number of aryl methyl sites for hydroxylation is 1. The number of hydrogen-bond donors (Lipinski definition) is 1. The third-order valence-electron chi connectivity index (χ3n) is 3.93.